The van der Waals surface area contributed by atoms with E-state index in [1.807, 2.05) is 0 Å². The summed E-state index contributed by atoms with van der Waals surface area (Å²) in [5.41, 5.74) is 1.16. The zero-order valence-electron chi connectivity index (χ0n) is 25.8. The maximum Gasteiger partial charge on any atom is 0.189 e. The molecule has 0 aromatic rings. The first-order valence-electron chi connectivity index (χ1n) is 17.4. The summed E-state index contributed by atoms with van der Waals surface area (Å²) in [6.45, 7) is 3.28. The molecule has 43 heavy (non-hydrogen) atoms. The zero-order chi connectivity index (χ0) is 29.0. The highest BCUT2D eigenvalue weighted by molar-refractivity contribution is 6.20. The lowest BCUT2D eigenvalue weighted by Gasteiger charge is -2.59. The molecule has 0 unspecified atom stereocenters. The van der Waals surface area contributed by atoms with E-state index in [4.69, 9.17) is 23.7 Å². The summed E-state index contributed by atoms with van der Waals surface area (Å²) in [4.78, 5) is 26.1. The number of ketones is 2. The first kappa shape index (κ1) is 29.1. The average Bonchev–Trinajstić information content (AvgIpc) is 2.94. The standard InChI is InChI=1S/C36H50O7/c37-31-11-29-19-40-21-32(35-13-23-5-24(14-35)7-25(6-23)15-35)42-3-1-39-2-4-43-33(22-41-20-30(12-31)34(29)38)36-16-26-8-27(17-36)10-28(9-26)18-36/h11-12,23-28,32-33H,1-10,13-22H2/t23?,24?,25?,26?,27?,28?,32-,33-,35?,36?/m1/s1. The molecule has 236 valence electrons. The molecule has 0 aromatic carbocycles. The second kappa shape index (κ2) is 11.8. The summed E-state index contributed by atoms with van der Waals surface area (Å²) >= 11 is 0. The van der Waals surface area contributed by atoms with Crippen molar-refractivity contribution in [1.29, 1.82) is 0 Å². The number of hydrogen-bond acceptors (Lipinski definition) is 7. The van der Waals surface area contributed by atoms with E-state index >= 15 is 0 Å². The van der Waals surface area contributed by atoms with Gasteiger partial charge in [-0.2, -0.15) is 0 Å². The molecule has 9 aliphatic carbocycles. The third-order valence-corrected chi connectivity index (χ3v) is 12.9. The predicted molar refractivity (Wildman–Crippen MR) is 159 cm³/mol. The van der Waals surface area contributed by atoms with Crippen molar-refractivity contribution in [3.63, 3.8) is 0 Å². The molecule has 1 saturated heterocycles. The molecule has 2 atom stereocenters. The maximum absolute atomic E-state index is 13.4. The van der Waals surface area contributed by atoms with Gasteiger partial charge in [0.05, 0.1) is 65.1 Å². The van der Waals surface area contributed by atoms with E-state index in [1.165, 1.54) is 89.2 Å². The monoisotopic (exact) mass is 594 g/mol. The van der Waals surface area contributed by atoms with E-state index in [1.54, 1.807) is 0 Å². The molecular weight excluding hydrogens is 544 g/mol. The highest BCUT2D eigenvalue weighted by Gasteiger charge is 2.56. The van der Waals surface area contributed by atoms with Crippen LogP contribution in [0, 0.1) is 46.3 Å². The highest BCUT2D eigenvalue weighted by Crippen LogP contribution is 2.63. The van der Waals surface area contributed by atoms with Crippen LogP contribution in [0.15, 0.2) is 23.3 Å². The summed E-state index contributed by atoms with van der Waals surface area (Å²) in [6, 6.07) is 0. The maximum atomic E-state index is 13.4. The zero-order valence-corrected chi connectivity index (χ0v) is 25.8. The van der Waals surface area contributed by atoms with E-state index < -0.39 is 0 Å². The van der Waals surface area contributed by atoms with Crippen molar-refractivity contribution >= 4 is 11.6 Å². The fourth-order valence-corrected chi connectivity index (χ4v) is 12.0. The van der Waals surface area contributed by atoms with Gasteiger partial charge < -0.3 is 23.7 Å². The Labute approximate surface area is 256 Å². The number of carbonyl (C=O) groups excluding carboxylic acids is 2. The predicted octanol–water partition coefficient (Wildman–Crippen LogP) is 5.26. The fourth-order valence-electron chi connectivity index (χ4n) is 12.0. The largest absolute Gasteiger partial charge is 0.377 e. The van der Waals surface area contributed by atoms with Crippen molar-refractivity contribution in [2.24, 2.45) is 46.3 Å². The fraction of sp³-hybridized carbons (Fsp3) is 0.833. The van der Waals surface area contributed by atoms with Crippen molar-refractivity contribution in [3.05, 3.63) is 23.3 Å². The molecule has 0 aromatic heterocycles. The molecule has 1 heterocycles. The topological polar surface area (TPSA) is 80.3 Å². The molecule has 7 nitrogen and oxygen atoms in total. The Morgan fingerprint density at radius 3 is 1.26 bits per heavy atom. The van der Waals surface area contributed by atoms with Crippen LogP contribution in [0.1, 0.15) is 77.0 Å². The molecule has 1 aliphatic heterocycles. The number of Topliss-reactive ketones (excluding diaryl/α,β-unsaturated/α-hetero) is 1. The van der Waals surface area contributed by atoms with Crippen molar-refractivity contribution in [2.75, 3.05) is 52.9 Å². The Morgan fingerprint density at radius 2 is 0.884 bits per heavy atom. The smallest absolute Gasteiger partial charge is 0.189 e. The van der Waals surface area contributed by atoms with Gasteiger partial charge in [0.1, 0.15) is 0 Å². The number of hydrogen-bond donors (Lipinski definition) is 0. The van der Waals surface area contributed by atoms with Gasteiger partial charge in [0.2, 0.25) is 0 Å². The van der Waals surface area contributed by atoms with Crippen LogP contribution in [0.4, 0.5) is 0 Å². The van der Waals surface area contributed by atoms with Gasteiger partial charge in [-0.05, 0) is 136 Å². The van der Waals surface area contributed by atoms with E-state index in [-0.39, 0.29) is 47.8 Å². The van der Waals surface area contributed by atoms with Gasteiger partial charge in [-0.15, -0.1) is 0 Å². The van der Waals surface area contributed by atoms with Crippen molar-refractivity contribution in [1.82, 2.24) is 0 Å². The summed E-state index contributed by atoms with van der Waals surface area (Å²) < 4.78 is 31.8. The first-order chi connectivity index (χ1) is 21.0. The SMILES string of the molecule is O=C1C=C2COC[C@H](C34CC5CC(CC(C5)C3)C4)OCCOCCO[C@@H](C34CC5CC(CC(C5)C3)C4)COCC(=C1)C2=O. The lowest BCUT2D eigenvalue weighted by Crippen LogP contribution is -2.54. The van der Waals surface area contributed by atoms with Gasteiger partial charge in [0, 0.05) is 11.1 Å². The Hall–Kier alpha value is -1.38. The van der Waals surface area contributed by atoms with E-state index in [2.05, 4.69) is 0 Å². The number of rotatable bonds is 2. The second-order valence-corrected chi connectivity index (χ2v) is 16.0. The number of fused-ring (bicyclic) bond motifs is 2. The lowest BCUT2D eigenvalue weighted by molar-refractivity contribution is -0.172. The molecule has 10 bridgehead atoms. The van der Waals surface area contributed by atoms with E-state index in [0.717, 1.165) is 35.5 Å². The summed E-state index contributed by atoms with van der Waals surface area (Å²) in [5.74, 6) is 4.58. The Kier molecular flexibility index (Phi) is 7.95. The number of allylic oxidation sites excluding steroid dienone is 2. The second-order valence-electron chi connectivity index (χ2n) is 16.0. The van der Waals surface area contributed by atoms with Crippen LogP contribution in [0.3, 0.4) is 0 Å². The van der Waals surface area contributed by atoms with Crippen LogP contribution >= 0.6 is 0 Å². The highest BCUT2D eigenvalue weighted by atomic mass is 16.6. The normalized spacial score (nSPS) is 47.2. The van der Waals surface area contributed by atoms with Gasteiger partial charge in [-0.1, -0.05) is 0 Å². The van der Waals surface area contributed by atoms with Crippen LogP contribution in [0.25, 0.3) is 0 Å². The third kappa shape index (κ3) is 5.75. The van der Waals surface area contributed by atoms with Gasteiger partial charge in [-0.3, -0.25) is 9.59 Å². The number of ether oxygens (including phenoxy) is 5. The number of carbonyl (C=O) groups is 2. The molecule has 9 fully saturated rings. The minimum atomic E-state index is -0.161. The Morgan fingerprint density at radius 1 is 0.512 bits per heavy atom. The van der Waals surface area contributed by atoms with Crippen LogP contribution in [-0.4, -0.2) is 76.6 Å². The molecule has 8 saturated carbocycles. The summed E-state index contributed by atoms with van der Waals surface area (Å²) in [5, 5.41) is 0. The Balaban J connectivity index is 0.979. The molecule has 0 amide bonds. The molecule has 0 N–H and O–H groups in total. The van der Waals surface area contributed by atoms with Crippen molar-refractivity contribution in [2.45, 2.75) is 89.3 Å². The van der Waals surface area contributed by atoms with Gasteiger partial charge >= 0.3 is 0 Å². The molecule has 10 aliphatic rings. The van der Waals surface area contributed by atoms with Crippen molar-refractivity contribution < 1.29 is 33.3 Å². The minimum Gasteiger partial charge on any atom is -0.377 e. The average molecular weight is 595 g/mol. The Bertz CT molecular complexity index is 998. The molecular formula is C36H50O7. The van der Waals surface area contributed by atoms with Gasteiger partial charge in [-0.25, -0.2) is 0 Å². The molecule has 0 spiro atoms. The third-order valence-electron chi connectivity index (χ3n) is 12.9. The quantitative estimate of drug-likeness (QED) is 0.404. The molecule has 7 heteroatoms. The van der Waals surface area contributed by atoms with Crippen LogP contribution in [0.5, 0.6) is 0 Å². The molecule has 0 radical (unpaired) electrons. The minimum absolute atomic E-state index is 0.0200. The molecule has 10 rings (SSSR count). The summed E-state index contributed by atoms with van der Waals surface area (Å²) in [6.07, 6.45) is 18.4. The first-order valence-corrected chi connectivity index (χ1v) is 17.4. The summed E-state index contributed by atoms with van der Waals surface area (Å²) in [7, 11) is 0. The van der Waals surface area contributed by atoms with Gasteiger partial charge in [0.25, 0.3) is 0 Å². The van der Waals surface area contributed by atoms with Crippen LogP contribution in [0.2, 0.25) is 0 Å². The van der Waals surface area contributed by atoms with E-state index in [9.17, 15) is 9.59 Å². The van der Waals surface area contributed by atoms with Crippen LogP contribution < -0.4 is 0 Å². The lowest BCUT2D eigenvalue weighted by atomic mass is 9.48. The van der Waals surface area contributed by atoms with Gasteiger partial charge in [0.15, 0.2) is 11.6 Å². The van der Waals surface area contributed by atoms with E-state index in [0.29, 0.717) is 50.8 Å². The van der Waals surface area contributed by atoms with Crippen LogP contribution in [-0.2, 0) is 33.3 Å². The van der Waals surface area contributed by atoms with Crippen molar-refractivity contribution in [3.8, 4) is 0 Å².